The van der Waals surface area contributed by atoms with Crippen LogP contribution in [0.25, 0.3) is 0 Å². The van der Waals surface area contributed by atoms with E-state index in [1.165, 1.54) is 19.3 Å². The van der Waals surface area contributed by atoms with Crippen molar-refractivity contribution in [3.63, 3.8) is 0 Å². The van der Waals surface area contributed by atoms with Gasteiger partial charge in [-0.05, 0) is 86.2 Å². The number of rotatable bonds is 5. The smallest absolute Gasteiger partial charge is 0.168 e. The van der Waals surface area contributed by atoms with Crippen LogP contribution in [-0.4, -0.2) is 37.7 Å². The van der Waals surface area contributed by atoms with Crippen LogP contribution in [0.15, 0.2) is 24.3 Å². The zero-order chi connectivity index (χ0) is 23.4. The van der Waals surface area contributed by atoms with Crippen molar-refractivity contribution in [2.24, 2.45) is 34.5 Å². The first-order valence-corrected chi connectivity index (χ1v) is 13.5. The summed E-state index contributed by atoms with van der Waals surface area (Å²) >= 11 is 0. The van der Waals surface area contributed by atoms with Gasteiger partial charge in [-0.2, -0.15) is 0 Å². The van der Waals surface area contributed by atoms with Gasteiger partial charge in [-0.15, -0.1) is 0 Å². The van der Waals surface area contributed by atoms with Crippen LogP contribution in [0.5, 0.6) is 5.75 Å². The fourth-order valence-electron chi connectivity index (χ4n) is 9.02. The predicted octanol–water partition coefficient (Wildman–Crippen LogP) is 5.60. The Kier molecular flexibility index (Phi) is 5.64. The quantitative estimate of drug-likeness (QED) is 0.529. The van der Waals surface area contributed by atoms with Gasteiger partial charge < -0.3 is 14.2 Å². The standard InChI is InChI=1S/C29H38O5/c1-27-11-12-29(33-15-16-34-29)18-21(27)5-6-23-24(27)9-10-28(25(23)7-8-26(28)31)13-14-32-22-4-2-3-20(17-22)19-30/h2-4,17,19,21,23-25H,5-16,18H2,1H3/t21?,23?,24?,25?,27-,28+/m0/s1. The van der Waals surface area contributed by atoms with Gasteiger partial charge in [0.15, 0.2) is 5.79 Å². The molecule has 0 amide bonds. The lowest BCUT2D eigenvalue weighted by molar-refractivity contribution is -0.229. The van der Waals surface area contributed by atoms with Crippen LogP contribution in [0, 0.1) is 34.5 Å². The number of ether oxygens (including phenoxy) is 3. The number of carbonyl (C=O) groups excluding carboxylic acids is 2. The molecule has 1 heterocycles. The second-order valence-corrected chi connectivity index (χ2v) is 11.9. The third-order valence-corrected chi connectivity index (χ3v) is 10.7. The number of aldehydes is 1. The first-order chi connectivity index (χ1) is 16.5. The molecule has 5 heteroatoms. The molecule has 0 bridgehead atoms. The molecule has 4 aliphatic carbocycles. The predicted molar refractivity (Wildman–Crippen MR) is 128 cm³/mol. The highest BCUT2D eigenvalue weighted by Gasteiger charge is 2.63. The average molecular weight is 467 g/mol. The van der Waals surface area contributed by atoms with Crippen molar-refractivity contribution in [3.8, 4) is 5.75 Å². The van der Waals surface area contributed by atoms with Crippen molar-refractivity contribution in [2.75, 3.05) is 19.8 Å². The molecule has 4 saturated carbocycles. The summed E-state index contributed by atoms with van der Waals surface area (Å²) in [6.07, 6.45) is 11.3. The van der Waals surface area contributed by atoms with Gasteiger partial charge in [-0.3, -0.25) is 9.59 Å². The Morgan fingerprint density at radius 3 is 2.74 bits per heavy atom. The lowest BCUT2D eigenvalue weighted by Crippen LogP contribution is -2.56. The highest BCUT2D eigenvalue weighted by atomic mass is 16.7. The highest BCUT2D eigenvalue weighted by molar-refractivity contribution is 5.87. The molecule has 1 spiro atoms. The molecular formula is C29H38O5. The Labute approximate surface area is 202 Å². The fourth-order valence-corrected chi connectivity index (χ4v) is 9.02. The van der Waals surface area contributed by atoms with E-state index in [0.29, 0.717) is 47.0 Å². The molecule has 5 fully saturated rings. The van der Waals surface area contributed by atoms with E-state index in [0.717, 1.165) is 70.2 Å². The Balaban J connectivity index is 1.17. The third-order valence-electron chi connectivity index (χ3n) is 10.7. The lowest BCUT2D eigenvalue weighted by atomic mass is 9.44. The molecule has 0 N–H and O–H groups in total. The largest absolute Gasteiger partial charge is 0.494 e. The molecule has 184 valence electrons. The van der Waals surface area contributed by atoms with Gasteiger partial charge in [0.1, 0.15) is 17.8 Å². The van der Waals surface area contributed by atoms with E-state index < -0.39 is 0 Å². The number of fused-ring (bicyclic) bond motifs is 5. The summed E-state index contributed by atoms with van der Waals surface area (Å²) in [5, 5.41) is 0. The van der Waals surface area contributed by atoms with Crippen molar-refractivity contribution < 1.29 is 23.8 Å². The zero-order valence-electron chi connectivity index (χ0n) is 20.4. The first kappa shape index (κ1) is 22.7. The molecule has 6 rings (SSSR count). The normalized spacial score (nSPS) is 40.4. The van der Waals surface area contributed by atoms with E-state index in [-0.39, 0.29) is 11.2 Å². The van der Waals surface area contributed by atoms with E-state index in [9.17, 15) is 9.59 Å². The summed E-state index contributed by atoms with van der Waals surface area (Å²) in [6, 6.07) is 7.31. The molecule has 5 nitrogen and oxygen atoms in total. The number of Topliss-reactive ketones (excluding diaryl/α,β-unsaturated/α-hetero) is 1. The van der Waals surface area contributed by atoms with E-state index in [1.807, 2.05) is 12.1 Å². The van der Waals surface area contributed by atoms with Gasteiger partial charge in [-0.1, -0.05) is 19.1 Å². The Morgan fingerprint density at radius 1 is 1.06 bits per heavy atom. The maximum Gasteiger partial charge on any atom is 0.168 e. The van der Waals surface area contributed by atoms with Crippen molar-refractivity contribution in [3.05, 3.63) is 29.8 Å². The molecule has 1 aromatic rings. The van der Waals surface area contributed by atoms with Gasteiger partial charge >= 0.3 is 0 Å². The number of hydrogen-bond acceptors (Lipinski definition) is 5. The number of carbonyl (C=O) groups is 2. The summed E-state index contributed by atoms with van der Waals surface area (Å²) < 4.78 is 18.3. The summed E-state index contributed by atoms with van der Waals surface area (Å²) in [7, 11) is 0. The number of hydrogen-bond donors (Lipinski definition) is 0. The molecule has 1 aromatic carbocycles. The molecular weight excluding hydrogens is 428 g/mol. The second-order valence-electron chi connectivity index (χ2n) is 11.9. The fraction of sp³-hybridized carbons (Fsp3) is 0.724. The molecule has 4 unspecified atom stereocenters. The van der Waals surface area contributed by atoms with Gasteiger partial charge in [0.05, 0.1) is 19.8 Å². The molecule has 0 aromatic heterocycles. The highest BCUT2D eigenvalue weighted by Crippen LogP contribution is 2.67. The van der Waals surface area contributed by atoms with Gasteiger partial charge in [-0.25, -0.2) is 0 Å². The maximum absolute atomic E-state index is 13.3. The molecule has 1 aliphatic heterocycles. The van der Waals surface area contributed by atoms with Gasteiger partial charge in [0.2, 0.25) is 0 Å². The van der Waals surface area contributed by atoms with E-state index in [2.05, 4.69) is 6.92 Å². The van der Waals surface area contributed by atoms with Gasteiger partial charge in [0.25, 0.3) is 0 Å². The Hall–Kier alpha value is -1.72. The van der Waals surface area contributed by atoms with Crippen LogP contribution >= 0.6 is 0 Å². The van der Waals surface area contributed by atoms with Crippen LogP contribution in [0.4, 0.5) is 0 Å². The molecule has 6 atom stereocenters. The molecule has 0 radical (unpaired) electrons. The van der Waals surface area contributed by atoms with Crippen molar-refractivity contribution in [2.45, 2.75) is 76.9 Å². The monoisotopic (exact) mass is 466 g/mol. The Morgan fingerprint density at radius 2 is 1.91 bits per heavy atom. The third kappa shape index (κ3) is 3.49. The number of ketones is 1. The SMILES string of the molecule is C[C@]12CCC3(CC1CCC1C4CCC(=O)[C@@]4(CCOc4cccc(C=O)c4)CCC12)OCCO3. The summed E-state index contributed by atoms with van der Waals surface area (Å²) in [5.74, 6) is 3.41. The first-order valence-electron chi connectivity index (χ1n) is 13.5. The second kappa shape index (κ2) is 8.44. The van der Waals surface area contributed by atoms with E-state index >= 15 is 0 Å². The van der Waals surface area contributed by atoms with E-state index in [4.69, 9.17) is 14.2 Å². The molecule has 5 aliphatic rings. The van der Waals surface area contributed by atoms with E-state index in [1.54, 1.807) is 12.1 Å². The van der Waals surface area contributed by atoms with Gasteiger partial charge in [0, 0.05) is 30.2 Å². The summed E-state index contributed by atoms with van der Waals surface area (Å²) in [6.45, 7) is 4.57. The maximum atomic E-state index is 13.3. The zero-order valence-corrected chi connectivity index (χ0v) is 20.4. The summed E-state index contributed by atoms with van der Waals surface area (Å²) in [4.78, 5) is 24.4. The summed E-state index contributed by atoms with van der Waals surface area (Å²) in [5.41, 5.74) is 0.756. The minimum absolute atomic E-state index is 0.208. The van der Waals surface area contributed by atoms with Crippen LogP contribution in [-0.2, 0) is 14.3 Å². The van der Waals surface area contributed by atoms with Crippen LogP contribution in [0.3, 0.4) is 0 Å². The van der Waals surface area contributed by atoms with Crippen molar-refractivity contribution in [1.82, 2.24) is 0 Å². The minimum atomic E-state index is -0.308. The van der Waals surface area contributed by atoms with Crippen molar-refractivity contribution >= 4 is 12.1 Å². The minimum Gasteiger partial charge on any atom is -0.494 e. The van der Waals surface area contributed by atoms with Crippen molar-refractivity contribution in [1.29, 1.82) is 0 Å². The van der Waals surface area contributed by atoms with Crippen LogP contribution in [0.2, 0.25) is 0 Å². The molecule has 34 heavy (non-hydrogen) atoms. The van der Waals surface area contributed by atoms with Crippen LogP contribution in [0.1, 0.15) is 81.5 Å². The lowest BCUT2D eigenvalue weighted by Gasteiger charge is -2.61. The average Bonchev–Trinajstić information content (AvgIpc) is 3.44. The molecule has 1 saturated heterocycles. The Bertz CT molecular complexity index is 952. The topological polar surface area (TPSA) is 61.8 Å². The number of benzene rings is 1. The van der Waals surface area contributed by atoms with Crippen LogP contribution < -0.4 is 4.74 Å².